The zero-order valence-electron chi connectivity index (χ0n) is 11.3. The van der Waals surface area contributed by atoms with Gasteiger partial charge in [0.05, 0.1) is 12.7 Å². The van der Waals surface area contributed by atoms with Crippen molar-refractivity contribution >= 4 is 0 Å². The van der Waals surface area contributed by atoms with Crippen molar-refractivity contribution in [2.75, 3.05) is 13.1 Å². The Morgan fingerprint density at radius 2 is 2.47 bits per heavy atom. The van der Waals surface area contributed by atoms with Crippen LogP contribution in [0.3, 0.4) is 0 Å². The number of H-pyrrole nitrogens is 1. The molecule has 1 saturated heterocycles. The number of oxazole rings is 1. The average molecular weight is 260 g/mol. The summed E-state index contributed by atoms with van der Waals surface area (Å²) in [7, 11) is 0. The highest BCUT2D eigenvalue weighted by Crippen LogP contribution is 2.26. The van der Waals surface area contributed by atoms with Crippen molar-refractivity contribution in [2.24, 2.45) is 0 Å². The number of aryl methyl sites for hydroxylation is 1. The largest absolute Gasteiger partial charge is 0.444 e. The fourth-order valence-corrected chi connectivity index (χ4v) is 2.72. The topological polar surface area (TPSA) is 58.0 Å². The first-order valence-electron chi connectivity index (χ1n) is 7.00. The number of nitrogens with one attached hydrogen (secondary N) is 1. The molecular weight excluding hydrogens is 240 g/mol. The molecule has 1 atom stereocenters. The Labute approximate surface area is 113 Å². The molecule has 102 valence electrons. The monoisotopic (exact) mass is 260 g/mol. The van der Waals surface area contributed by atoms with E-state index in [4.69, 9.17) is 4.42 Å². The van der Waals surface area contributed by atoms with Crippen LogP contribution in [0.15, 0.2) is 22.9 Å². The van der Waals surface area contributed by atoms with Crippen molar-refractivity contribution in [3.05, 3.63) is 35.8 Å². The van der Waals surface area contributed by atoms with Crippen LogP contribution in [0, 0.1) is 0 Å². The predicted octanol–water partition coefficient (Wildman–Crippen LogP) is 2.34. The highest BCUT2D eigenvalue weighted by molar-refractivity contribution is 5.07. The maximum atomic E-state index is 5.69. The average Bonchev–Trinajstić information content (AvgIpc) is 3.10. The molecule has 5 nitrogen and oxygen atoms in total. The number of aromatic nitrogens is 3. The van der Waals surface area contributed by atoms with E-state index in [0.717, 1.165) is 37.7 Å². The summed E-state index contributed by atoms with van der Waals surface area (Å²) in [5, 5.41) is 7.14. The van der Waals surface area contributed by atoms with E-state index in [9.17, 15) is 0 Å². The Hall–Kier alpha value is -1.62. The molecule has 0 unspecified atom stereocenters. The third-order valence-electron chi connectivity index (χ3n) is 3.78. The predicted molar refractivity (Wildman–Crippen MR) is 71.7 cm³/mol. The van der Waals surface area contributed by atoms with Crippen molar-refractivity contribution in [1.29, 1.82) is 0 Å². The maximum absolute atomic E-state index is 5.69. The Bertz CT molecular complexity index is 505. The minimum atomic E-state index is 0.553. The van der Waals surface area contributed by atoms with Gasteiger partial charge in [-0.15, -0.1) is 0 Å². The lowest BCUT2D eigenvalue weighted by Gasteiger charge is -2.31. The van der Waals surface area contributed by atoms with Gasteiger partial charge in [-0.25, -0.2) is 4.98 Å². The molecule has 1 aliphatic heterocycles. The van der Waals surface area contributed by atoms with Crippen molar-refractivity contribution < 1.29 is 4.42 Å². The molecule has 19 heavy (non-hydrogen) atoms. The zero-order valence-corrected chi connectivity index (χ0v) is 11.3. The second kappa shape index (κ2) is 5.57. The van der Waals surface area contributed by atoms with Crippen LogP contribution in [0.25, 0.3) is 0 Å². The molecule has 3 heterocycles. The lowest BCUT2D eigenvalue weighted by Crippen LogP contribution is -2.34. The molecule has 0 bridgehead atoms. The normalized spacial score (nSPS) is 20.8. The molecule has 0 spiro atoms. The first-order valence-corrected chi connectivity index (χ1v) is 7.00. The Balaban J connectivity index is 1.62. The van der Waals surface area contributed by atoms with E-state index in [1.165, 1.54) is 18.5 Å². The Morgan fingerprint density at radius 1 is 1.53 bits per heavy atom. The van der Waals surface area contributed by atoms with Crippen LogP contribution in [0.5, 0.6) is 0 Å². The number of likely N-dealkylation sites (tertiary alicyclic amines) is 1. The van der Waals surface area contributed by atoms with Crippen molar-refractivity contribution in [1.82, 2.24) is 20.1 Å². The SMILES string of the molecule is CCc1cnc(CN2CCC[C@H](c3ccn[nH]3)C2)o1. The van der Waals surface area contributed by atoms with E-state index in [-0.39, 0.29) is 0 Å². The van der Waals surface area contributed by atoms with Crippen LogP contribution in [-0.4, -0.2) is 33.2 Å². The van der Waals surface area contributed by atoms with E-state index in [1.807, 2.05) is 12.4 Å². The van der Waals surface area contributed by atoms with Crippen molar-refractivity contribution in [2.45, 2.75) is 38.6 Å². The van der Waals surface area contributed by atoms with E-state index >= 15 is 0 Å². The summed E-state index contributed by atoms with van der Waals surface area (Å²) in [6, 6.07) is 2.08. The summed E-state index contributed by atoms with van der Waals surface area (Å²) in [5.74, 6) is 2.36. The number of hydrogen-bond donors (Lipinski definition) is 1. The molecule has 0 amide bonds. The van der Waals surface area contributed by atoms with Gasteiger partial charge in [-0.2, -0.15) is 5.10 Å². The second-order valence-corrected chi connectivity index (χ2v) is 5.16. The molecule has 1 aliphatic rings. The molecule has 1 fully saturated rings. The van der Waals surface area contributed by atoms with Crippen LogP contribution in [0.1, 0.15) is 43.0 Å². The van der Waals surface area contributed by atoms with Crippen LogP contribution in [-0.2, 0) is 13.0 Å². The summed E-state index contributed by atoms with van der Waals surface area (Å²) in [4.78, 5) is 6.76. The third kappa shape index (κ3) is 2.87. The number of rotatable bonds is 4. The number of hydrogen-bond acceptors (Lipinski definition) is 4. The summed E-state index contributed by atoms with van der Waals surface area (Å²) in [6.07, 6.45) is 7.01. The highest BCUT2D eigenvalue weighted by Gasteiger charge is 2.23. The van der Waals surface area contributed by atoms with E-state index in [1.54, 1.807) is 0 Å². The Kier molecular flexibility index (Phi) is 3.64. The van der Waals surface area contributed by atoms with Gasteiger partial charge in [-0.3, -0.25) is 10.00 Å². The van der Waals surface area contributed by atoms with Gasteiger partial charge in [-0.1, -0.05) is 6.92 Å². The summed E-state index contributed by atoms with van der Waals surface area (Å²) in [5.41, 5.74) is 1.24. The molecule has 2 aromatic heterocycles. The molecular formula is C14H20N4O. The molecule has 5 heteroatoms. The fraction of sp³-hybridized carbons (Fsp3) is 0.571. The summed E-state index contributed by atoms with van der Waals surface area (Å²) < 4.78 is 5.69. The van der Waals surface area contributed by atoms with Gasteiger partial charge in [0.2, 0.25) is 5.89 Å². The zero-order chi connectivity index (χ0) is 13.1. The summed E-state index contributed by atoms with van der Waals surface area (Å²) in [6.45, 7) is 5.06. The first-order chi connectivity index (χ1) is 9.35. The first kappa shape index (κ1) is 12.4. The molecule has 3 rings (SSSR count). The second-order valence-electron chi connectivity index (χ2n) is 5.16. The van der Waals surface area contributed by atoms with Gasteiger partial charge < -0.3 is 4.42 Å². The minimum Gasteiger partial charge on any atom is -0.444 e. The van der Waals surface area contributed by atoms with Crippen LogP contribution < -0.4 is 0 Å². The summed E-state index contributed by atoms with van der Waals surface area (Å²) >= 11 is 0. The molecule has 0 aromatic carbocycles. The Morgan fingerprint density at radius 3 is 3.21 bits per heavy atom. The van der Waals surface area contributed by atoms with Crippen LogP contribution >= 0.6 is 0 Å². The van der Waals surface area contributed by atoms with Gasteiger partial charge in [0, 0.05) is 30.8 Å². The quantitative estimate of drug-likeness (QED) is 0.916. The van der Waals surface area contributed by atoms with Crippen LogP contribution in [0.4, 0.5) is 0 Å². The van der Waals surface area contributed by atoms with Gasteiger partial charge in [0.25, 0.3) is 0 Å². The lowest BCUT2D eigenvalue weighted by molar-refractivity contribution is 0.181. The third-order valence-corrected chi connectivity index (χ3v) is 3.78. The molecule has 1 N–H and O–H groups in total. The standard InChI is InChI=1S/C14H20N4O/c1-2-12-8-15-14(19-12)10-18-7-3-4-11(9-18)13-5-6-16-17-13/h5-6,8,11H,2-4,7,9-10H2,1H3,(H,16,17)/t11-/m0/s1. The minimum absolute atomic E-state index is 0.553. The van der Waals surface area contributed by atoms with Gasteiger partial charge in [0.1, 0.15) is 5.76 Å². The van der Waals surface area contributed by atoms with Gasteiger partial charge in [0.15, 0.2) is 0 Å². The lowest BCUT2D eigenvalue weighted by atomic mass is 9.95. The fourth-order valence-electron chi connectivity index (χ4n) is 2.72. The van der Waals surface area contributed by atoms with Crippen molar-refractivity contribution in [3.63, 3.8) is 0 Å². The van der Waals surface area contributed by atoms with Crippen molar-refractivity contribution in [3.8, 4) is 0 Å². The van der Waals surface area contributed by atoms with E-state index in [2.05, 4.69) is 33.1 Å². The number of aromatic amines is 1. The van der Waals surface area contributed by atoms with Crippen LogP contribution in [0.2, 0.25) is 0 Å². The number of piperidine rings is 1. The molecule has 0 aliphatic carbocycles. The maximum Gasteiger partial charge on any atom is 0.208 e. The molecule has 2 aromatic rings. The van der Waals surface area contributed by atoms with E-state index < -0.39 is 0 Å². The number of nitrogens with zero attached hydrogens (tertiary/aromatic N) is 3. The van der Waals surface area contributed by atoms with E-state index in [0.29, 0.717) is 5.92 Å². The van der Waals surface area contributed by atoms with Gasteiger partial charge in [-0.05, 0) is 25.5 Å². The highest BCUT2D eigenvalue weighted by atomic mass is 16.4. The van der Waals surface area contributed by atoms with Gasteiger partial charge >= 0.3 is 0 Å². The molecule has 0 saturated carbocycles. The molecule has 0 radical (unpaired) electrons. The smallest absolute Gasteiger partial charge is 0.208 e.